The minimum Gasteiger partial charge on any atom is -0.392 e. The maximum Gasteiger partial charge on any atom is 0.273 e. The zero-order valence-electron chi connectivity index (χ0n) is 11.7. The number of para-hydroxylation sites is 1. The van der Waals surface area contributed by atoms with Gasteiger partial charge >= 0.3 is 0 Å². The minimum atomic E-state index is -0.493. The first-order valence-electron chi connectivity index (χ1n) is 7.19. The van der Waals surface area contributed by atoms with E-state index in [0.29, 0.717) is 5.56 Å². The summed E-state index contributed by atoms with van der Waals surface area (Å²) in [5.74, 6) is 0. The molecule has 3 rings (SSSR count). The van der Waals surface area contributed by atoms with E-state index in [1.165, 1.54) is 0 Å². The molecule has 0 aromatic heterocycles. The molecule has 2 aliphatic rings. The molecule has 1 N–H and O–H groups in total. The van der Waals surface area contributed by atoms with Crippen LogP contribution in [0.4, 0.5) is 5.69 Å². The number of nitro benzene ring substituents is 1. The number of likely N-dealkylation sites (tertiary alicyclic amines) is 1. The molecule has 1 aliphatic heterocycles. The van der Waals surface area contributed by atoms with Crippen LogP contribution in [0.5, 0.6) is 0 Å². The Kier molecular flexibility index (Phi) is 3.26. The third-order valence-corrected chi connectivity index (χ3v) is 5.16. The third kappa shape index (κ3) is 1.77. The summed E-state index contributed by atoms with van der Waals surface area (Å²) >= 11 is 0. The molecule has 20 heavy (non-hydrogen) atoms. The van der Waals surface area contributed by atoms with E-state index in [2.05, 4.69) is 11.9 Å². The van der Waals surface area contributed by atoms with Crippen LogP contribution in [0.1, 0.15) is 31.2 Å². The van der Waals surface area contributed by atoms with Gasteiger partial charge in [0, 0.05) is 23.1 Å². The number of nitrogens with zero attached hydrogens (tertiary/aromatic N) is 2. The van der Waals surface area contributed by atoms with Gasteiger partial charge in [0.15, 0.2) is 0 Å². The van der Waals surface area contributed by atoms with Crippen LogP contribution in [0.2, 0.25) is 0 Å². The van der Waals surface area contributed by atoms with Gasteiger partial charge in [0.05, 0.1) is 11.0 Å². The summed E-state index contributed by atoms with van der Waals surface area (Å²) in [6.07, 6.45) is 3.02. The topological polar surface area (TPSA) is 66.6 Å². The van der Waals surface area contributed by atoms with Crippen LogP contribution in [-0.4, -0.2) is 40.7 Å². The van der Waals surface area contributed by atoms with E-state index in [9.17, 15) is 15.2 Å². The minimum absolute atomic E-state index is 0.147. The number of aliphatic hydroxyl groups excluding tert-OH is 1. The van der Waals surface area contributed by atoms with Crippen LogP contribution in [0, 0.1) is 10.1 Å². The Morgan fingerprint density at radius 1 is 1.40 bits per heavy atom. The first kappa shape index (κ1) is 13.5. The van der Waals surface area contributed by atoms with E-state index in [1.807, 2.05) is 12.1 Å². The van der Waals surface area contributed by atoms with E-state index in [0.717, 1.165) is 32.2 Å². The maximum absolute atomic E-state index is 11.3. The molecule has 1 aromatic carbocycles. The lowest BCUT2D eigenvalue weighted by molar-refractivity contribution is -0.386. The monoisotopic (exact) mass is 276 g/mol. The molecule has 1 saturated heterocycles. The fourth-order valence-corrected chi connectivity index (χ4v) is 4.23. The van der Waals surface area contributed by atoms with Crippen LogP contribution < -0.4 is 0 Å². The molecule has 0 amide bonds. The molecule has 5 nitrogen and oxygen atoms in total. The van der Waals surface area contributed by atoms with E-state index in [-0.39, 0.29) is 16.7 Å². The number of aliphatic hydroxyl groups is 1. The highest BCUT2D eigenvalue weighted by Crippen LogP contribution is 2.50. The Morgan fingerprint density at radius 2 is 2.15 bits per heavy atom. The summed E-state index contributed by atoms with van der Waals surface area (Å²) in [6, 6.07) is 7.13. The second kappa shape index (κ2) is 4.82. The van der Waals surface area contributed by atoms with Crippen molar-refractivity contribution in [3.8, 4) is 0 Å². The van der Waals surface area contributed by atoms with Gasteiger partial charge in [-0.3, -0.25) is 10.1 Å². The molecule has 108 valence electrons. The highest BCUT2D eigenvalue weighted by molar-refractivity contribution is 5.48. The van der Waals surface area contributed by atoms with Crippen LogP contribution >= 0.6 is 0 Å². The number of fused-ring (bicyclic) bond motifs is 1. The lowest BCUT2D eigenvalue weighted by Crippen LogP contribution is -2.52. The van der Waals surface area contributed by atoms with Crippen LogP contribution in [0.15, 0.2) is 24.3 Å². The summed E-state index contributed by atoms with van der Waals surface area (Å²) in [5, 5.41) is 22.0. The standard InChI is InChI=1S/C15H20N2O3/c1-16-10-9-15(13(16)7-4-8-14(15)18)11-5-2-3-6-12(11)17(19)20/h2-3,5-6,13-14,18H,4,7-10H2,1H3/t13-,14?,15+/m1/s1. The number of nitro groups is 1. The van der Waals surface area contributed by atoms with Gasteiger partial charge in [-0.15, -0.1) is 0 Å². The molecule has 0 radical (unpaired) electrons. The lowest BCUT2D eigenvalue weighted by atomic mass is 9.64. The molecule has 1 unspecified atom stereocenters. The summed E-state index contributed by atoms with van der Waals surface area (Å²) in [4.78, 5) is 13.3. The largest absolute Gasteiger partial charge is 0.392 e. The fourth-order valence-electron chi connectivity index (χ4n) is 4.23. The average Bonchev–Trinajstić information content (AvgIpc) is 2.79. The van der Waals surface area contributed by atoms with E-state index >= 15 is 0 Å². The van der Waals surface area contributed by atoms with Crippen molar-refractivity contribution >= 4 is 5.69 Å². The molecule has 1 aromatic rings. The summed E-state index contributed by atoms with van der Waals surface area (Å²) in [5.41, 5.74) is 0.386. The molecular formula is C15H20N2O3. The fraction of sp³-hybridized carbons (Fsp3) is 0.600. The Labute approximate surface area is 118 Å². The highest BCUT2D eigenvalue weighted by Gasteiger charge is 2.55. The summed E-state index contributed by atoms with van der Waals surface area (Å²) in [6.45, 7) is 0.883. The Morgan fingerprint density at radius 3 is 2.90 bits per heavy atom. The zero-order valence-corrected chi connectivity index (χ0v) is 11.7. The van der Waals surface area contributed by atoms with Crippen molar-refractivity contribution < 1.29 is 10.0 Å². The molecule has 5 heteroatoms. The van der Waals surface area contributed by atoms with Gasteiger partial charge < -0.3 is 10.0 Å². The lowest BCUT2D eigenvalue weighted by Gasteiger charge is -2.44. The highest BCUT2D eigenvalue weighted by atomic mass is 16.6. The van der Waals surface area contributed by atoms with E-state index < -0.39 is 11.5 Å². The number of benzene rings is 1. The van der Waals surface area contributed by atoms with Crippen molar-refractivity contribution in [2.45, 2.75) is 43.2 Å². The van der Waals surface area contributed by atoms with Gasteiger partial charge in [0.2, 0.25) is 0 Å². The maximum atomic E-state index is 11.3. The molecule has 0 bridgehead atoms. The molecule has 1 aliphatic carbocycles. The van der Waals surface area contributed by atoms with Crippen LogP contribution in [0.3, 0.4) is 0 Å². The quantitative estimate of drug-likeness (QED) is 0.663. The van der Waals surface area contributed by atoms with Gasteiger partial charge in [0.25, 0.3) is 5.69 Å². The first-order valence-corrected chi connectivity index (χ1v) is 7.19. The smallest absolute Gasteiger partial charge is 0.273 e. The normalized spacial score (nSPS) is 33.9. The molecule has 3 atom stereocenters. The van der Waals surface area contributed by atoms with Crippen molar-refractivity contribution in [2.24, 2.45) is 0 Å². The Bertz CT molecular complexity index is 534. The first-order chi connectivity index (χ1) is 9.57. The second-order valence-corrected chi connectivity index (χ2v) is 6.01. The van der Waals surface area contributed by atoms with Crippen molar-refractivity contribution in [3.05, 3.63) is 39.9 Å². The Hall–Kier alpha value is -1.46. The van der Waals surface area contributed by atoms with Gasteiger partial charge in [-0.05, 0) is 39.3 Å². The third-order valence-electron chi connectivity index (χ3n) is 5.16. The van der Waals surface area contributed by atoms with Crippen molar-refractivity contribution in [3.63, 3.8) is 0 Å². The predicted molar refractivity (Wildman–Crippen MR) is 75.7 cm³/mol. The van der Waals surface area contributed by atoms with E-state index in [1.54, 1.807) is 12.1 Å². The van der Waals surface area contributed by atoms with Crippen molar-refractivity contribution in [1.82, 2.24) is 4.90 Å². The van der Waals surface area contributed by atoms with Gasteiger partial charge in [-0.25, -0.2) is 0 Å². The average molecular weight is 276 g/mol. The van der Waals surface area contributed by atoms with Gasteiger partial charge in [0.1, 0.15) is 0 Å². The van der Waals surface area contributed by atoms with Crippen molar-refractivity contribution in [2.75, 3.05) is 13.6 Å². The second-order valence-electron chi connectivity index (χ2n) is 6.01. The summed E-state index contributed by atoms with van der Waals surface area (Å²) in [7, 11) is 2.05. The van der Waals surface area contributed by atoms with Crippen LogP contribution in [-0.2, 0) is 5.41 Å². The number of likely N-dealkylation sites (N-methyl/N-ethyl adjacent to an activating group) is 1. The molecule has 1 saturated carbocycles. The number of rotatable bonds is 2. The van der Waals surface area contributed by atoms with E-state index in [4.69, 9.17) is 0 Å². The van der Waals surface area contributed by atoms with Crippen LogP contribution in [0.25, 0.3) is 0 Å². The number of hydrogen-bond donors (Lipinski definition) is 1. The van der Waals surface area contributed by atoms with Crippen molar-refractivity contribution in [1.29, 1.82) is 0 Å². The SMILES string of the molecule is CN1CC[C@@]2(c3ccccc3[N+](=O)[O-])C(O)CCC[C@@H]12. The van der Waals surface area contributed by atoms with Gasteiger partial charge in [-0.2, -0.15) is 0 Å². The molecule has 0 spiro atoms. The zero-order chi connectivity index (χ0) is 14.3. The molecule has 1 heterocycles. The molecular weight excluding hydrogens is 256 g/mol. The predicted octanol–water partition coefficient (Wildman–Crippen LogP) is 2.08. The Balaban J connectivity index is 2.16. The summed E-state index contributed by atoms with van der Waals surface area (Å²) < 4.78 is 0. The molecule has 2 fully saturated rings. The van der Waals surface area contributed by atoms with Gasteiger partial charge in [-0.1, -0.05) is 18.2 Å². The number of hydrogen-bond acceptors (Lipinski definition) is 4.